The van der Waals surface area contributed by atoms with Crippen LogP contribution in [0.5, 0.6) is 0 Å². The van der Waals surface area contributed by atoms with E-state index in [9.17, 15) is 15.3 Å². The molecule has 0 aromatic rings. The van der Waals surface area contributed by atoms with E-state index in [4.69, 9.17) is 0 Å². The molecule has 11 atom stereocenters. The van der Waals surface area contributed by atoms with Crippen LogP contribution in [-0.2, 0) is 0 Å². The van der Waals surface area contributed by atoms with E-state index in [2.05, 4.69) is 27.7 Å². The van der Waals surface area contributed by atoms with Gasteiger partial charge in [0, 0.05) is 6.61 Å². The lowest BCUT2D eigenvalue weighted by Gasteiger charge is -2.64. The Labute approximate surface area is 178 Å². The molecule has 4 aliphatic rings. The third-order valence-corrected chi connectivity index (χ3v) is 11.0. The summed E-state index contributed by atoms with van der Waals surface area (Å²) in [5, 5.41) is 31.4. The predicted octanol–water partition coefficient (Wildman–Crippen LogP) is 5.02. The van der Waals surface area contributed by atoms with Crippen molar-refractivity contribution in [2.75, 3.05) is 6.61 Å². The van der Waals surface area contributed by atoms with Gasteiger partial charge in [-0.15, -0.1) is 0 Å². The first-order valence-corrected chi connectivity index (χ1v) is 12.7. The van der Waals surface area contributed by atoms with Crippen molar-refractivity contribution >= 4 is 0 Å². The minimum atomic E-state index is -0.190. The van der Waals surface area contributed by atoms with E-state index in [0.717, 1.165) is 44.4 Å². The monoisotopic (exact) mass is 406 g/mol. The van der Waals surface area contributed by atoms with Gasteiger partial charge in [0.1, 0.15) is 0 Å². The van der Waals surface area contributed by atoms with E-state index in [-0.39, 0.29) is 12.2 Å². The lowest BCUT2D eigenvalue weighted by Crippen LogP contribution is -2.62. The molecule has 29 heavy (non-hydrogen) atoms. The van der Waals surface area contributed by atoms with Gasteiger partial charge in [0.05, 0.1) is 12.2 Å². The van der Waals surface area contributed by atoms with Crippen molar-refractivity contribution in [3.05, 3.63) is 0 Å². The van der Waals surface area contributed by atoms with Gasteiger partial charge in [0.15, 0.2) is 0 Å². The summed E-state index contributed by atoms with van der Waals surface area (Å²) in [5.41, 5.74) is 0.651. The molecule has 4 rings (SSSR count). The summed E-state index contributed by atoms with van der Waals surface area (Å²) in [7, 11) is 0. The van der Waals surface area contributed by atoms with Crippen LogP contribution in [0.25, 0.3) is 0 Å². The Kier molecular flexibility index (Phi) is 6.17. The number of hydrogen-bond donors (Lipinski definition) is 3. The molecule has 4 saturated carbocycles. The summed E-state index contributed by atoms with van der Waals surface area (Å²) >= 11 is 0. The molecule has 0 radical (unpaired) electrons. The maximum absolute atomic E-state index is 11.7. The first-order chi connectivity index (χ1) is 13.8. The zero-order chi connectivity index (χ0) is 21.0. The van der Waals surface area contributed by atoms with Gasteiger partial charge in [-0.2, -0.15) is 0 Å². The maximum Gasteiger partial charge on any atom is 0.0605 e. The van der Waals surface area contributed by atoms with E-state index >= 15 is 0 Å². The van der Waals surface area contributed by atoms with Gasteiger partial charge in [-0.25, -0.2) is 0 Å². The molecule has 4 unspecified atom stereocenters. The number of rotatable bonds is 5. The van der Waals surface area contributed by atoms with Crippen molar-refractivity contribution in [3.63, 3.8) is 0 Å². The van der Waals surface area contributed by atoms with Crippen LogP contribution >= 0.6 is 0 Å². The molecular weight excluding hydrogens is 360 g/mol. The molecule has 0 bridgehead atoms. The Bertz CT molecular complexity index is 578. The number of fused-ring (bicyclic) bond motifs is 5. The average molecular weight is 407 g/mol. The smallest absolute Gasteiger partial charge is 0.0605 e. The van der Waals surface area contributed by atoms with Crippen LogP contribution in [-0.4, -0.2) is 34.1 Å². The second kappa shape index (κ2) is 8.10. The Morgan fingerprint density at radius 3 is 2.31 bits per heavy atom. The fourth-order valence-corrected chi connectivity index (χ4v) is 9.55. The molecule has 0 aromatic heterocycles. The van der Waals surface area contributed by atoms with Gasteiger partial charge < -0.3 is 15.3 Å². The number of aliphatic hydroxyl groups excluding tert-OH is 3. The molecule has 0 saturated heterocycles. The van der Waals surface area contributed by atoms with E-state index in [0.29, 0.717) is 52.9 Å². The van der Waals surface area contributed by atoms with Crippen molar-refractivity contribution in [3.8, 4) is 0 Å². The zero-order valence-electron chi connectivity index (χ0n) is 19.3. The molecule has 3 N–H and O–H groups in total. The first-order valence-electron chi connectivity index (χ1n) is 12.7. The van der Waals surface area contributed by atoms with Gasteiger partial charge >= 0.3 is 0 Å². The highest BCUT2D eigenvalue weighted by atomic mass is 16.3. The minimum absolute atomic E-state index is 0.164. The van der Waals surface area contributed by atoms with Crippen molar-refractivity contribution in [2.45, 2.75) is 104 Å². The van der Waals surface area contributed by atoms with Gasteiger partial charge in [0.25, 0.3) is 0 Å². The van der Waals surface area contributed by atoms with Crippen LogP contribution in [0.4, 0.5) is 0 Å². The van der Waals surface area contributed by atoms with Crippen molar-refractivity contribution in [1.29, 1.82) is 0 Å². The van der Waals surface area contributed by atoms with Crippen LogP contribution in [0, 0.1) is 52.3 Å². The van der Waals surface area contributed by atoms with Crippen LogP contribution in [0.3, 0.4) is 0 Å². The molecule has 4 aliphatic carbocycles. The van der Waals surface area contributed by atoms with E-state index in [1.54, 1.807) is 0 Å². The van der Waals surface area contributed by atoms with Crippen LogP contribution in [0.2, 0.25) is 0 Å². The Morgan fingerprint density at radius 2 is 1.62 bits per heavy atom. The molecule has 168 valence electrons. The highest BCUT2D eigenvalue weighted by molar-refractivity contribution is 5.13. The normalized spacial score (nSPS) is 53.1. The Hall–Kier alpha value is -0.120. The summed E-state index contributed by atoms with van der Waals surface area (Å²) < 4.78 is 0. The van der Waals surface area contributed by atoms with Crippen LogP contribution in [0.15, 0.2) is 0 Å². The molecule has 3 heteroatoms. The Balaban J connectivity index is 1.63. The van der Waals surface area contributed by atoms with Gasteiger partial charge in [0.2, 0.25) is 0 Å². The fourth-order valence-electron chi connectivity index (χ4n) is 9.55. The standard InChI is InChI=1S/C26H46O3/c1-5-18-22-15-17(28)10-12-26(22,4)21-11-13-25(3)19(16(2)7-6-14-27)8-9-20(25)23(21)24(18)29/h16-24,27-29H,5-15H2,1-4H3/t16-,17+,18+,19-,20?,21?,22+,23?,24?,25-,26-/m1/s1. The van der Waals surface area contributed by atoms with Crippen LogP contribution < -0.4 is 0 Å². The molecule has 0 heterocycles. The quantitative estimate of drug-likeness (QED) is 0.601. The summed E-state index contributed by atoms with van der Waals surface area (Å²) in [6.45, 7) is 10.0. The van der Waals surface area contributed by atoms with E-state index in [1.807, 2.05) is 0 Å². The fraction of sp³-hybridized carbons (Fsp3) is 1.00. The number of aliphatic hydroxyl groups is 3. The van der Waals surface area contributed by atoms with E-state index in [1.165, 1.54) is 25.7 Å². The van der Waals surface area contributed by atoms with Gasteiger partial charge in [-0.1, -0.05) is 34.1 Å². The molecule has 0 aromatic carbocycles. The van der Waals surface area contributed by atoms with Crippen molar-refractivity contribution in [2.24, 2.45) is 52.3 Å². The lowest BCUT2D eigenvalue weighted by molar-refractivity contribution is -0.203. The maximum atomic E-state index is 11.7. The Morgan fingerprint density at radius 1 is 0.931 bits per heavy atom. The second-order valence-corrected chi connectivity index (χ2v) is 12.0. The summed E-state index contributed by atoms with van der Waals surface area (Å²) in [6, 6.07) is 0. The van der Waals surface area contributed by atoms with Crippen molar-refractivity contribution < 1.29 is 15.3 Å². The SMILES string of the molecule is CC[C@@H]1C(O)C2C3CC[C@H]([C@H](C)CCCO)[C@@]3(C)CCC2[C@@]2(C)CC[C@H](O)C[C@@H]12. The molecule has 0 amide bonds. The third-order valence-electron chi connectivity index (χ3n) is 11.0. The predicted molar refractivity (Wildman–Crippen MR) is 117 cm³/mol. The number of hydrogen-bond acceptors (Lipinski definition) is 3. The highest BCUT2D eigenvalue weighted by Gasteiger charge is 2.64. The van der Waals surface area contributed by atoms with Gasteiger partial charge in [-0.05, 0) is 110 Å². The van der Waals surface area contributed by atoms with E-state index < -0.39 is 0 Å². The molecule has 4 fully saturated rings. The summed E-state index contributed by atoms with van der Waals surface area (Å²) in [6.07, 6.45) is 10.9. The van der Waals surface area contributed by atoms with Crippen molar-refractivity contribution in [1.82, 2.24) is 0 Å². The lowest BCUT2D eigenvalue weighted by atomic mass is 9.41. The molecule has 3 nitrogen and oxygen atoms in total. The topological polar surface area (TPSA) is 60.7 Å². The molecule has 0 aliphatic heterocycles. The van der Waals surface area contributed by atoms with Gasteiger partial charge in [-0.3, -0.25) is 0 Å². The largest absolute Gasteiger partial charge is 0.396 e. The molecular formula is C26H46O3. The second-order valence-electron chi connectivity index (χ2n) is 12.0. The summed E-state index contributed by atoms with van der Waals surface area (Å²) in [4.78, 5) is 0. The minimum Gasteiger partial charge on any atom is -0.396 e. The third kappa shape index (κ3) is 3.33. The van der Waals surface area contributed by atoms with Crippen LogP contribution in [0.1, 0.15) is 91.9 Å². The first kappa shape index (κ1) is 22.1. The highest BCUT2D eigenvalue weighted by Crippen LogP contribution is 2.69. The average Bonchev–Trinajstić information content (AvgIpc) is 3.05. The summed E-state index contributed by atoms with van der Waals surface area (Å²) in [5.74, 6) is 3.97. The molecule has 0 spiro atoms. The zero-order valence-corrected chi connectivity index (χ0v) is 19.3.